The molecule has 3 aromatic heterocycles. The van der Waals surface area contributed by atoms with Crippen LogP contribution in [0.4, 0.5) is 11.6 Å². The molecule has 5 rings (SSSR count). The van der Waals surface area contributed by atoms with Crippen LogP contribution < -0.4 is 10.6 Å². The Morgan fingerprint density at radius 3 is 2.72 bits per heavy atom. The smallest absolute Gasteiger partial charge is 0.255 e. The van der Waals surface area contributed by atoms with Crippen molar-refractivity contribution >= 4 is 17.5 Å². The van der Waals surface area contributed by atoms with Crippen molar-refractivity contribution in [3.8, 4) is 11.4 Å². The maximum atomic E-state index is 13.4. The molecule has 1 unspecified atom stereocenters. The predicted molar refractivity (Wildman–Crippen MR) is 122 cm³/mol. The molecular weight excluding hydrogens is 402 g/mol. The number of nitrogens with zero attached hydrogens (tertiary/aromatic N) is 5. The zero-order valence-corrected chi connectivity index (χ0v) is 17.6. The molecule has 1 aromatic carbocycles. The Morgan fingerprint density at radius 1 is 1.06 bits per heavy atom. The van der Waals surface area contributed by atoms with Crippen LogP contribution >= 0.6 is 0 Å². The number of aromatic nitrogens is 5. The summed E-state index contributed by atoms with van der Waals surface area (Å²) in [6.07, 6.45) is 4.98. The quantitative estimate of drug-likeness (QED) is 0.515. The number of pyridine rings is 2. The number of amides is 1. The van der Waals surface area contributed by atoms with Gasteiger partial charge in [0.05, 0.1) is 23.2 Å². The predicted octanol–water partition coefficient (Wildman–Crippen LogP) is 3.97. The van der Waals surface area contributed by atoms with Crippen molar-refractivity contribution in [3.05, 3.63) is 95.7 Å². The Bertz CT molecular complexity index is 1310. The third kappa shape index (κ3) is 3.62. The van der Waals surface area contributed by atoms with Gasteiger partial charge >= 0.3 is 0 Å². The van der Waals surface area contributed by atoms with Crippen molar-refractivity contribution < 1.29 is 4.79 Å². The fourth-order valence-corrected chi connectivity index (χ4v) is 3.80. The van der Waals surface area contributed by atoms with E-state index in [1.54, 1.807) is 35.4 Å². The molecule has 0 aliphatic carbocycles. The minimum Gasteiger partial charge on any atom is -0.328 e. The Morgan fingerprint density at radius 2 is 1.97 bits per heavy atom. The zero-order chi connectivity index (χ0) is 22.1. The molecule has 158 valence electrons. The number of benzene rings is 1. The molecule has 0 spiro atoms. The minimum absolute atomic E-state index is 0.253. The third-order valence-corrected chi connectivity index (χ3v) is 5.26. The molecule has 0 saturated carbocycles. The largest absolute Gasteiger partial charge is 0.328 e. The first-order chi connectivity index (χ1) is 15.6. The highest BCUT2D eigenvalue weighted by atomic mass is 16.1. The average molecular weight is 423 g/mol. The highest BCUT2D eigenvalue weighted by molar-refractivity contribution is 6.05. The molecule has 1 atom stereocenters. The van der Waals surface area contributed by atoms with Crippen LogP contribution in [0, 0.1) is 6.92 Å². The Hall–Kier alpha value is -4.33. The summed E-state index contributed by atoms with van der Waals surface area (Å²) in [7, 11) is 0. The van der Waals surface area contributed by atoms with Crippen molar-refractivity contribution in [1.29, 1.82) is 0 Å². The van der Waals surface area contributed by atoms with Crippen molar-refractivity contribution in [3.63, 3.8) is 0 Å². The summed E-state index contributed by atoms with van der Waals surface area (Å²) in [4.78, 5) is 26.7. The van der Waals surface area contributed by atoms with Crippen LogP contribution in [0.1, 0.15) is 24.2 Å². The van der Waals surface area contributed by atoms with Gasteiger partial charge in [-0.2, -0.15) is 4.98 Å². The van der Waals surface area contributed by atoms with Crippen LogP contribution in [0.25, 0.3) is 11.4 Å². The van der Waals surface area contributed by atoms with Gasteiger partial charge in [-0.05, 0) is 44.2 Å². The first-order valence-electron chi connectivity index (χ1n) is 10.2. The van der Waals surface area contributed by atoms with Crippen molar-refractivity contribution in [1.82, 2.24) is 24.7 Å². The van der Waals surface area contributed by atoms with Gasteiger partial charge in [0, 0.05) is 23.7 Å². The number of hydrogen-bond donors (Lipinski definition) is 2. The van der Waals surface area contributed by atoms with Crippen molar-refractivity contribution in [2.24, 2.45) is 0 Å². The highest BCUT2D eigenvalue weighted by Gasteiger charge is 2.35. The number of nitrogens with one attached hydrogen (secondary N) is 2. The Labute approximate surface area is 185 Å². The van der Waals surface area contributed by atoms with Crippen LogP contribution in [-0.2, 0) is 4.79 Å². The van der Waals surface area contributed by atoms with Gasteiger partial charge in [-0.1, -0.05) is 29.8 Å². The lowest BCUT2D eigenvalue weighted by Gasteiger charge is -2.27. The van der Waals surface area contributed by atoms with Gasteiger partial charge in [0.1, 0.15) is 6.04 Å². The van der Waals surface area contributed by atoms with Crippen LogP contribution in [0.2, 0.25) is 0 Å². The molecule has 1 aliphatic heterocycles. The maximum Gasteiger partial charge on any atom is 0.255 e. The van der Waals surface area contributed by atoms with Crippen LogP contribution in [0.3, 0.4) is 0 Å². The number of anilines is 2. The molecule has 0 bridgehead atoms. The Kier molecular flexibility index (Phi) is 4.95. The number of rotatable bonds is 4. The second-order valence-electron chi connectivity index (χ2n) is 7.59. The monoisotopic (exact) mass is 423 g/mol. The summed E-state index contributed by atoms with van der Waals surface area (Å²) >= 11 is 0. The van der Waals surface area contributed by atoms with E-state index in [0.29, 0.717) is 34.4 Å². The molecule has 0 radical (unpaired) electrons. The van der Waals surface area contributed by atoms with Gasteiger partial charge in [-0.25, -0.2) is 4.68 Å². The molecule has 1 aliphatic rings. The lowest BCUT2D eigenvalue weighted by Crippen LogP contribution is -2.32. The van der Waals surface area contributed by atoms with Gasteiger partial charge in [-0.3, -0.25) is 14.8 Å². The molecule has 4 aromatic rings. The second kappa shape index (κ2) is 8.07. The van der Waals surface area contributed by atoms with E-state index in [1.807, 2.05) is 56.3 Å². The zero-order valence-electron chi connectivity index (χ0n) is 17.6. The standard InChI is InChI=1S/C24H21N7O/c1-15-7-5-8-17(13-15)22-29-24-27-16(2)20(23(32)28-18-9-6-11-25-14-18)21(31(24)30-22)19-10-3-4-12-26-19/h3-14,21H,1-2H3,(H,28,32)(H,27,29,30). The normalized spacial score (nSPS) is 15.1. The summed E-state index contributed by atoms with van der Waals surface area (Å²) in [5, 5.41) is 10.9. The molecule has 8 nitrogen and oxygen atoms in total. The molecule has 8 heteroatoms. The summed E-state index contributed by atoms with van der Waals surface area (Å²) in [5.41, 5.74) is 4.55. The maximum absolute atomic E-state index is 13.4. The van der Waals surface area contributed by atoms with Gasteiger partial charge in [0.2, 0.25) is 5.95 Å². The first kappa shape index (κ1) is 19.6. The van der Waals surface area contributed by atoms with Crippen molar-refractivity contribution in [2.45, 2.75) is 19.9 Å². The van der Waals surface area contributed by atoms with Crippen LogP contribution in [-0.4, -0.2) is 30.6 Å². The van der Waals surface area contributed by atoms with Crippen LogP contribution in [0.15, 0.2) is 84.5 Å². The van der Waals surface area contributed by atoms with E-state index < -0.39 is 6.04 Å². The second-order valence-corrected chi connectivity index (χ2v) is 7.59. The van der Waals surface area contributed by atoms with E-state index in [0.717, 1.165) is 11.1 Å². The summed E-state index contributed by atoms with van der Waals surface area (Å²) in [5.74, 6) is 0.892. The van der Waals surface area contributed by atoms with E-state index in [1.165, 1.54) is 0 Å². The van der Waals surface area contributed by atoms with Crippen LogP contribution in [0.5, 0.6) is 0 Å². The first-order valence-corrected chi connectivity index (χ1v) is 10.2. The lowest BCUT2D eigenvalue weighted by atomic mass is 9.98. The average Bonchev–Trinajstić information content (AvgIpc) is 3.23. The molecule has 0 fully saturated rings. The van der Waals surface area contributed by atoms with E-state index in [2.05, 4.69) is 20.6 Å². The van der Waals surface area contributed by atoms with E-state index in [-0.39, 0.29) is 5.91 Å². The number of aryl methyl sites for hydroxylation is 1. The molecule has 1 amide bonds. The molecule has 2 N–H and O–H groups in total. The summed E-state index contributed by atoms with van der Waals surface area (Å²) in [6, 6.07) is 16.7. The van der Waals surface area contributed by atoms with Gasteiger partial charge in [0.25, 0.3) is 5.91 Å². The molecule has 32 heavy (non-hydrogen) atoms. The Balaban J connectivity index is 1.60. The van der Waals surface area contributed by atoms with Gasteiger partial charge < -0.3 is 10.6 Å². The number of allylic oxidation sites excluding steroid dienone is 1. The van der Waals surface area contributed by atoms with Gasteiger partial charge in [0.15, 0.2) is 5.82 Å². The topological polar surface area (TPSA) is 97.6 Å². The number of hydrogen-bond acceptors (Lipinski definition) is 6. The molecule has 4 heterocycles. The fraction of sp³-hybridized carbons (Fsp3) is 0.125. The summed E-state index contributed by atoms with van der Waals surface area (Å²) < 4.78 is 1.73. The molecular formula is C24H21N7O. The highest BCUT2D eigenvalue weighted by Crippen LogP contribution is 2.36. The third-order valence-electron chi connectivity index (χ3n) is 5.26. The van der Waals surface area contributed by atoms with E-state index in [9.17, 15) is 4.79 Å². The molecule has 0 saturated heterocycles. The van der Waals surface area contributed by atoms with E-state index >= 15 is 0 Å². The summed E-state index contributed by atoms with van der Waals surface area (Å²) in [6.45, 7) is 3.89. The number of carbonyl (C=O) groups excluding carboxylic acids is 1. The number of carbonyl (C=O) groups is 1. The van der Waals surface area contributed by atoms with E-state index in [4.69, 9.17) is 10.1 Å². The SMILES string of the molecule is CC1=C(C(=O)Nc2cccnc2)C(c2ccccn2)n2nc(-c3cccc(C)c3)nc2N1. The lowest BCUT2D eigenvalue weighted by molar-refractivity contribution is -0.113. The minimum atomic E-state index is -0.532. The fourth-order valence-electron chi connectivity index (χ4n) is 3.80. The van der Waals surface area contributed by atoms with Gasteiger partial charge in [-0.15, -0.1) is 5.10 Å². The van der Waals surface area contributed by atoms with Crippen molar-refractivity contribution in [2.75, 3.05) is 10.6 Å². The number of fused-ring (bicyclic) bond motifs is 1.